The van der Waals surface area contributed by atoms with Crippen molar-refractivity contribution in [1.82, 2.24) is 0 Å². The topological polar surface area (TPSA) is 20.2 Å². The average molecular weight is 345 g/mol. The smallest absolute Gasteiger partial charge is 0.166 e. The van der Waals surface area contributed by atoms with E-state index in [-0.39, 0.29) is 16.5 Å². The van der Waals surface area contributed by atoms with Crippen molar-refractivity contribution in [2.75, 3.05) is 0 Å². The molecule has 1 N–H and O–H groups in total. The third-order valence-corrected chi connectivity index (χ3v) is 7.71. The van der Waals surface area contributed by atoms with Gasteiger partial charge in [0.2, 0.25) is 0 Å². The molecule has 0 saturated heterocycles. The van der Waals surface area contributed by atoms with Crippen molar-refractivity contribution in [3.63, 3.8) is 0 Å². The van der Waals surface area contributed by atoms with E-state index < -0.39 is 26.1 Å². The Bertz CT molecular complexity index is 378. The lowest BCUT2D eigenvalue weighted by Gasteiger charge is -2.34. The largest absolute Gasteiger partial charge is 0.393 e. The average Bonchev–Trinajstić information content (AvgIpc) is 2.39. The highest BCUT2D eigenvalue weighted by Gasteiger charge is 2.78. The molecule has 7 heteroatoms. The van der Waals surface area contributed by atoms with Crippen LogP contribution in [0.25, 0.3) is 0 Å². The molecular formula is C9H8Cl6O. The van der Waals surface area contributed by atoms with Gasteiger partial charge in [-0.2, -0.15) is 0 Å². The lowest BCUT2D eigenvalue weighted by molar-refractivity contribution is 0.116. The van der Waals surface area contributed by atoms with Gasteiger partial charge in [0, 0.05) is 5.92 Å². The summed E-state index contributed by atoms with van der Waals surface area (Å²) in [6.45, 7) is 1.59. The predicted octanol–water partition coefficient (Wildman–Crippen LogP) is 4.22. The fourth-order valence-corrected chi connectivity index (χ4v) is 5.34. The van der Waals surface area contributed by atoms with Crippen molar-refractivity contribution >= 4 is 69.6 Å². The molecule has 0 aromatic carbocycles. The molecule has 2 aliphatic rings. The molecule has 0 amide bonds. The summed E-state index contributed by atoms with van der Waals surface area (Å²) in [5.41, 5.74) is 0. The zero-order valence-corrected chi connectivity index (χ0v) is 12.6. The van der Waals surface area contributed by atoms with Crippen LogP contribution in [0.5, 0.6) is 0 Å². The van der Waals surface area contributed by atoms with Gasteiger partial charge in [-0.25, -0.2) is 0 Å². The third kappa shape index (κ3) is 1.27. The highest BCUT2D eigenvalue weighted by atomic mass is 35.5. The minimum absolute atomic E-state index is 0.132. The Morgan fingerprint density at radius 3 is 2.00 bits per heavy atom. The molecule has 1 nitrogen and oxygen atoms in total. The standard InChI is InChI=1S/C9H8Cl6O/c1-3(16)4-2-7(12)5(10)6(11)8(4,13)9(7,14)15/h3-4,16H,2H2,1H3/t3-,4-,7-,8+/m0/s1. The Balaban J connectivity index is 2.64. The first-order valence-corrected chi connectivity index (χ1v) is 6.87. The van der Waals surface area contributed by atoms with Gasteiger partial charge >= 0.3 is 0 Å². The van der Waals surface area contributed by atoms with Gasteiger partial charge in [0.1, 0.15) is 9.75 Å². The van der Waals surface area contributed by atoms with Gasteiger partial charge in [-0.1, -0.05) is 46.4 Å². The van der Waals surface area contributed by atoms with Crippen molar-refractivity contribution in [2.24, 2.45) is 5.92 Å². The van der Waals surface area contributed by atoms with Gasteiger partial charge in [-0.15, -0.1) is 23.2 Å². The minimum atomic E-state index is -1.53. The lowest BCUT2D eigenvalue weighted by Crippen LogP contribution is -2.46. The van der Waals surface area contributed by atoms with Crippen molar-refractivity contribution < 1.29 is 5.11 Å². The number of allylic oxidation sites excluding steroid dienone is 2. The Morgan fingerprint density at radius 1 is 1.19 bits per heavy atom. The molecule has 1 fully saturated rings. The summed E-state index contributed by atoms with van der Waals surface area (Å²) in [7, 11) is 0. The first-order valence-electron chi connectivity index (χ1n) is 4.60. The van der Waals surface area contributed by atoms with Gasteiger partial charge in [0.25, 0.3) is 0 Å². The molecule has 0 heterocycles. The van der Waals surface area contributed by atoms with E-state index in [0.717, 1.165) is 0 Å². The zero-order chi connectivity index (χ0) is 12.5. The molecule has 2 bridgehead atoms. The Morgan fingerprint density at radius 2 is 1.69 bits per heavy atom. The summed E-state index contributed by atoms with van der Waals surface area (Å²) in [5, 5.41) is 10.0. The molecular weight excluding hydrogens is 337 g/mol. The maximum atomic E-state index is 9.71. The van der Waals surface area contributed by atoms with E-state index in [1.807, 2.05) is 0 Å². The predicted molar refractivity (Wildman–Crippen MR) is 70.1 cm³/mol. The normalized spacial score (nSPS) is 47.6. The van der Waals surface area contributed by atoms with Gasteiger partial charge in [0.15, 0.2) is 4.33 Å². The van der Waals surface area contributed by atoms with Crippen molar-refractivity contribution in [1.29, 1.82) is 0 Å². The van der Waals surface area contributed by atoms with E-state index in [2.05, 4.69) is 0 Å². The van der Waals surface area contributed by atoms with Gasteiger partial charge in [-0.3, -0.25) is 0 Å². The van der Waals surface area contributed by atoms with E-state index in [1.54, 1.807) is 6.92 Å². The number of hydrogen-bond acceptors (Lipinski definition) is 1. The maximum Gasteiger partial charge on any atom is 0.166 e. The number of fused-ring (bicyclic) bond motifs is 2. The summed E-state index contributed by atoms with van der Waals surface area (Å²) in [4.78, 5) is -2.55. The fourth-order valence-electron chi connectivity index (χ4n) is 2.46. The van der Waals surface area contributed by atoms with Crippen molar-refractivity contribution in [2.45, 2.75) is 33.5 Å². The summed E-state index contributed by atoms with van der Waals surface area (Å²) in [5.74, 6) is -0.434. The van der Waals surface area contributed by atoms with E-state index in [0.29, 0.717) is 0 Å². The molecule has 4 atom stereocenters. The number of rotatable bonds is 1. The van der Waals surface area contributed by atoms with Crippen LogP contribution < -0.4 is 0 Å². The van der Waals surface area contributed by atoms with Crippen LogP contribution in [0, 0.1) is 5.92 Å². The number of aliphatic hydroxyl groups is 1. The second-order valence-electron chi connectivity index (χ2n) is 4.27. The van der Waals surface area contributed by atoms with E-state index >= 15 is 0 Å². The molecule has 0 aliphatic heterocycles. The van der Waals surface area contributed by atoms with Gasteiger partial charge in [-0.05, 0) is 13.3 Å². The van der Waals surface area contributed by atoms with Crippen molar-refractivity contribution in [3.8, 4) is 0 Å². The third-order valence-electron chi connectivity index (χ3n) is 3.41. The number of alkyl halides is 4. The maximum absolute atomic E-state index is 9.71. The van der Waals surface area contributed by atoms with E-state index in [1.165, 1.54) is 0 Å². The van der Waals surface area contributed by atoms with Gasteiger partial charge < -0.3 is 5.11 Å². The summed E-state index contributed by atoms with van der Waals surface area (Å²) >= 11 is 37.3. The van der Waals surface area contributed by atoms with Crippen LogP contribution in [0.1, 0.15) is 13.3 Å². The Kier molecular flexibility index (Phi) is 3.23. The molecule has 16 heavy (non-hydrogen) atoms. The molecule has 0 spiro atoms. The first-order chi connectivity index (χ1) is 7.10. The summed E-state index contributed by atoms with van der Waals surface area (Å²) in [6, 6.07) is 0. The molecule has 92 valence electrons. The van der Waals surface area contributed by atoms with Crippen LogP contribution in [0.2, 0.25) is 0 Å². The monoisotopic (exact) mass is 342 g/mol. The molecule has 2 rings (SSSR count). The molecule has 1 saturated carbocycles. The number of hydrogen-bond donors (Lipinski definition) is 1. The number of aliphatic hydroxyl groups excluding tert-OH is 1. The van der Waals surface area contributed by atoms with Gasteiger partial charge in [0.05, 0.1) is 16.2 Å². The molecule has 2 aliphatic carbocycles. The molecule has 0 unspecified atom stereocenters. The SMILES string of the molecule is C[C@H](O)[C@@H]1C[C@]2(Cl)C(Cl)=C(Cl)[C@@]1(Cl)C2(Cl)Cl. The highest BCUT2D eigenvalue weighted by Crippen LogP contribution is 2.74. The number of halogens is 6. The quantitative estimate of drug-likeness (QED) is 0.706. The van der Waals surface area contributed by atoms with Crippen LogP contribution in [-0.4, -0.2) is 25.3 Å². The second-order valence-corrected chi connectivity index (χ2v) is 7.59. The summed E-state index contributed by atoms with van der Waals surface area (Å²) in [6.07, 6.45) is -0.439. The van der Waals surface area contributed by atoms with Crippen LogP contribution in [-0.2, 0) is 0 Å². The Hall–Kier alpha value is 1.44. The van der Waals surface area contributed by atoms with Crippen LogP contribution in [0.3, 0.4) is 0 Å². The van der Waals surface area contributed by atoms with Crippen LogP contribution in [0.4, 0.5) is 0 Å². The Labute approximate surface area is 124 Å². The first kappa shape index (κ1) is 13.9. The lowest BCUT2D eigenvalue weighted by atomic mass is 9.88. The van der Waals surface area contributed by atoms with E-state index in [4.69, 9.17) is 69.6 Å². The molecule has 0 aromatic rings. The second kappa shape index (κ2) is 3.72. The fraction of sp³-hybridized carbons (Fsp3) is 0.778. The van der Waals surface area contributed by atoms with Crippen molar-refractivity contribution in [3.05, 3.63) is 10.1 Å². The summed E-state index contributed by atoms with van der Waals surface area (Å²) < 4.78 is -1.53. The van der Waals surface area contributed by atoms with Crippen LogP contribution >= 0.6 is 69.6 Å². The zero-order valence-electron chi connectivity index (χ0n) is 8.08. The van der Waals surface area contributed by atoms with E-state index in [9.17, 15) is 5.11 Å². The highest BCUT2D eigenvalue weighted by molar-refractivity contribution is 6.65. The minimum Gasteiger partial charge on any atom is -0.393 e. The van der Waals surface area contributed by atoms with Crippen LogP contribution in [0.15, 0.2) is 10.1 Å². The molecule has 0 aromatic heterocycles. The molecule has 0 radical (unpaired) electrons.